The summed E-state index contributed by atoms with van der Waals surface area (Å²) < 4.78 is 0. The van der Waals surface area contributed by atoms with Gasteiger partial charge in [-0.1, -0.05) is 18.2 Å². The number of pyridine rings is 1. The standard InChI is InChI=1S/C19H13N3O4/c1-10-15-13-4-2-3-5-14(13)20-18(15)17(21-16(10)19(23)24)11-6-8-12(9-7-11)22(25)26/h2-9,20H,1H3,(H,23,24). The Morgan fingerprint density at radius 3 is 2.50 bits per heavy atom. The first-order valence-electron chi connectivity index (χ1n) is 7.86. The highest BCUT2D eigenvalue weighted by molar-refractivity contribution is 6.14. The molecule has 2 heterocycles. The summed E-state index contributed by atoms with van der Waals surface area (Å²) in [5.41, 5.74) is 3.16. The molecule has 128 valence electrons. The summed E-state index contributed by atoms with van der Waals surface area (Å²) in [7, 11) is 0. The summed E-state index contributed by atoms with van der Waals surface area (Å²) in [6.45, 7) is 1.73. The van der Waals surface area contributed by atoms with Gasteiger partial charge < -0.3 is 10.1 Å². The minimum Gasteiger partial charge on any atom is -0.477 e. The fraction of sp³-hybridized carbons (Fsp3) is 0.0526. The molecule has 2 aromatic carbocycles. The molecule has 0 saturated carbocycles. The summed E-state index contributed by atoms with van der Waals surface area (Å²) in [5, 5.41) is 22.1. The van der Waals surface area contributed by atoms with Crippen LogP contribution in [-0.4, -0.2) is 26.0 Å². The molecule has 26 heavy (non-hydrogen) atoms. The molecule has 0 aliphatic carbocycles. The minimum absolute atomic E-state index is 0.0318. The lowest BCUT2D eigenvalue weighted by Crippen LogP contribution is -2.05. The molecule has 0 spiro atoms. The van der Waals surface area contributed by atoms with Crippen molar-refractivity contribution in [1.29, 1.82) is 0 Å². The van der Waals surface area contributed by atoms with Crippen molar-refractivity contribution >= 4 is 33.5 Å². The molecule has 7 heteroatoms. The van der Waals surface area contributed by atoms with Crippen LogP contribution in [0.25, 0.3) is 33.1 Å². The zero-order chi connectivity index (χ0) is 18.4. The van der Waals surface area contributed by atoms with Gasteiger partial charge in [-0.3, -0.25) is 10.1 Å². The molecule has 0 fully saturated rings. The number of carboxylic acids is 1. The molecule has 0 aliphatic heterocycles. The van der Waals surface area contributed by atoms with E-state index >= 15 is 0 Å². The third-order valence-electron chi connectivity index (χ3n) is 4.45. The molecule has 4 rings (SSSR count). The lowest BCUT2D eigenvalue weighted by atomic mass is 10.0. The average Bonchev–Trinajstić information content (AvgIpc) is 3.02. The second kappa shape index (κ2) is 5.66. The lowest BCUT2D eigenvalue weighted by Gasteiger charge is -2.08. The van der Waals surface area contributed by atoms with Gasteiger partial charge in [-0.2, -0.15) is 0 Å². The number of aromatic amines is 1. The Morgan fingerprint density at radius 2 is 1.85 bits per heavy atom. The fourth-order valence-corrected chi connectivity index (χ4v) is 3.24. The average molecular weight is 347 g/mol. The normalized spacial score (nSPS) is 11.1. The summed E-state index contributed by atoms with van der Waals surface area (Å²) in [6, 6.07) is 13.5. The quantitative estimate of drug-likeness (QED) is 0.424. The summed E-state index contributed by atoms with van der Waals surface area (Å²) in [4.78, 5) is 29.7. The molecule has 0 amide bonds. The van der Waals surface area contributed by atoms with Crippen molar-refractivity contribution in [2.24, 2.45) is 0 Å². The molecule has 2 N–H and O–H groups in total. The molecule has 0 unspecified atom stereocenters. The van der Waals surface area contributed by atoms with Crippen LogP contribution in [0.15, 0.2) is 48.5 Å². The number of carboxylic acid groups (broad SMARTS) is 1. The third-order valence-corrected chi connectivity index (χ3v) is 4.45. The number of H-pyrrole nitrogens is 1. The van der Waals surface area contributed by atoms with Crippen molar-refractivity contribution < 1.29 is 14.8 Å². The highest BCUT2D eigenvalue weighted by atomic mass is 16.6. The Hall–Kier alpha value is -3.74. The van der Waals surface area contributed by atoms with Gasteiger partial charge in [-0.25, -0.2) is 9.78 Å². The lowest BCUT2D eigenvalue weighted by molar-refractivity contribution is -0.384. The van der Waals surface area contributed by atoms with Gasteiger partial charge in [-0.15, -0.1) is 0 Å². The number of aromatic carboxylic acids is 1. The van der Waals surface area contributed by atoms with Crippen LogP contribution in [0.4, 0.5) is 5.69 Å². The Morgan fingerprint density at radius 1 is 1.15 bits per heavy atom. The van der Waals surface area contributed by atoms with Gasteiger partial charge in [0.2, 0.25) is 0 Å². The first kappa shape index (κ1) is 15.8. The second-order valence-corrected chi connectivity index (χ2v) is 5.96. The van der Waals surface area contributed by atoms with Crippen molar-refractivity contribution in [3.05, 3.63) is 69.9 Å². The zero-order valence-electron chi connectivity index (χ0n) is 13.7. The predicted octanol–water partition coefficient (Wildman–Crippen LogP) is 4.30. The number of nitro benzene ring substituents is 1. The van der Waals surface area contributed by atoms with Gasteiger partial charge in [0, 0.05) is 34.0 Å². The number of nitrogens with one attached hydrogen (secondary N) is 1. The number of non-ortho nitro benzene ring substituents is 1. The van der Waals surface area contributed by atoms with Crippen molar-refractivity contribution in [3.8, 4) is 11.3 Å². The number of nitro groups is 1. The van der Waals surface area contributed by atoms with Crippen LogP contribution in [0.1, 0.15) is 16.1 Å². The van der Waals surface area contributed by atoms with Gasteiger partial charge in [-0.05, 0) is 30.7 Å². The Labute approximate surface area is 147 Å². The van der Waals surface area contributed by atoms with E-state index in [1.54, 1.807) is 19.1 Å². The van der Waals surface area contributed by atoms with Gasteiger partial charge in [0.25, 0.3) is 5.69 Å². The van der Waals surface area contributed by atoms with Crippen molar-refractivity contribution in [3.63, 3.8) is 0 Å². The van der Waals surface area contributed by atoms with Crippen LogP contribution >= 0.6 is 0 Å². The van der Waals surface area contributed by atoms with Gasteiger partial charge >= 0.3 is 5.97 Å². The van der Waals surface area contributed by atoms with Crippen LogP contribution in [0.2, 0.25) is 0 Å². The number of aromatic nitrogens is 2. The van der Waals surface area contributed by atoms with Crippen molar-refractivity contribution in [1.82, 2.24) is 9.97 Å². The molecule has 0 bridgehead atoms. The summed E-state index contributed by atoms with van der Waals surface area (Å²) in [6.07, 6.45) is 0. The molecule has 7 nitrogen and oxygen atoms in total. The number of aryl methyl sites for hydroxylation is 1. The Bertz CT molecular complexity index is 1190. The van der Waals surface area contributed by atoms with Gasteiger partial charge in [0.15, 0.2) is 5.69 Å². The highest BCUT2D eigenvalue weighted by Crippen LogP contribution is 2.35. The molecule has 0 aliphatic rings. The first-order chi connectivity index (χ1) is 12.5. The molecule has 0 saturated heterocycles. The number of fused-ring (bicyclic) bond motifs is 3. The number of para-hydroxylation sites is 1. The maximum Gasteiger partial charge on any atom is 0.354 e. The van der Waals surface area contributed by atoms with E-state index in [0.29, 0.717) is 22.3 Å². The highest BCUT2D eigenvalue weighted by Gasteiger charge is 2.20. The molecular formula is C19H13N3O4. The second-order valence-electron chi connectivity index (χ2n) is 5.96. The van der Waals surface area contributed by atoms with E-state index in [9.17, 15) is 20.0 Å². The third kappa shape index (κ3) is 2.29. The number of hydrogen-bond acceptors (Lipinski definition) is 4. The molecular weight excluding hydrogens is 334 g/mol. The van der Waals surface area contributed by atoms with Crippen LogP contribution in [0.3, 0.4) is 0 Å². The van der Waals surface area contributed by atoms with Gasteiger partial charge in [0.1, 0.15) is 0 Å². The SMILES string of the molecule is Cc1c(C(=O)O)nc(-c2ccc([N+](=O)[O-])cc2)c2[nH]c3ccccc3c12. The fourth-order valence-electron chi connectivity index (χ4n) is 3.24. The van der Waals surface area contributed by atoms with Crippen molar-refractivity contribution in [2.45, 2.75) is 6.92 Å². The number of nitrogens with zero attached hydrogens (tertiary/aromatic N) is 2. The minimum atomic E-state index is -1.11. The first-order valence-corrected chi connectivity index (χ1v) is 7.86. The number of benzene rings is 2. The van der Waals surface area contributed by atoms with Gasteiger partial charge in [0.05, 0.1) is 16.1 Å². The zero-order valence-corrected chi connectivity index (χ0v) is 13.7. The number of hydrogen-bond donors (Lipinski definition) is 2. The molecule has 2 aromatic heterocycles. The Kier molecular flexibility index (Phi) is 3.43. The van der Waals surface area contributed by atoms with E-state index in [0.717, 1.165) is 16.3 Å². The van der Waals surface area contributed by atoms with E-state index in [-0.39, 0.29) is 11.4 Å². The summed E-state index contributed by atoms with van der Waals surface area (Å²) >= 11 is 0. The van der Waals surface area contributed by atoms with E-state index in [1.165, 1.54) is 12.1 Å². The summed E-state index contributed by atoms with van der Waals surface area (Å²) in [5.74, 6) is -1.11. The van der Waals surface area contributed by atoms with Crippen LogP contribution in [0.5, 0.6) is 0 Å². The maximum absolute atomic E-state index is 11.7. The maximum atomic E-state index is 11.7. The van der Waals surface area contributed by atoms with E-state index < -0.39 is 10.9 Å². The molecule has 4 aromatic rings. The van der Waals surface area contributed by atoms with Crippen LogP contribution in [0, 0.1) is 17.0 Å². The van der Waals surface area contributed by atoms with E-state index in [1.807, 2.05) is 24.3 Å². The van der Waals surface area contributed by atoms with E-state index in [2.05, 4.69) is 9.97 Å². The Balaban J connectivity index is 2.09. The monoisotopic (exact) mass is 347 g/mol. The number of rotatable bonds is 3. The smallest absolute Gasteiger partial charge is 0.354 e. The van der Waals surface area contributed by atoms with E-state index in [4.69, 9.17) is 0 Å². The predicted molar refractivity (Wildman–Crippen MR) is 97.4 cm³/mol. The van der Waals surface area contributed by atoms with Crippen molar-refractivity contribution in [2.75, 3.05) is 0 Å². The largest absolute Gasteiger partial charge is 0.477 e. The number of carbonyl (C=O) groups is 1. The molecule has 0 radical (unpaired) electrons. The van der Waals surface area contributed by atoms with Crippen LogP contribution < -0.4 is 0 Å². The topological polar surface area (TPSA) is 109 Å². The van der Waals surface area contributed by atoms with Crippen LogP contribution in [-0.2, 0) is 0 Å². The molecule has 0 atom stereocenters.